The van der Waals surface area contributed by atoms with Crippen molar-refractivity contribution in [2.75, 3.05) is 6.61 Å². The molecule has 0 bridgehead atoms. The van der Waals surface area contributed by atoms with Crippen LogP contribution < -0.4 is 4.74 Å². The molecule has 0 aliphatic carbocycles. The Morgan fingerprint density at radius 3 is 2.23 bits per heavy atom. The molecule has 0 aromatic heterocycles. The van der Waals surface area contributed by atoms with Crippen molar-refractivity contribution in [1.29, 1.82) is 0 Å². The summed E-state index contributed by atoms with van der Waals surface area (Å²) in [6, 6.07) is 5.57. The van der Waals surface area contributed by atoms with Crippen LogP contribution in [0.15, 0.2) is 29.2 Å². The van der Waals surface area contributed by atoms with Gasteiger partial charge in [0.25, 0.3) is 10.1 Å². The lowest BCUT2D eigenvalue weighted by Crippen LogP contribution is -1.98. The van der Waals surface area contributed by atoms with Crippen molar-refractivity contribution < 1.29 is 17.7 Å². The summed E-state index contributed by atoms with van der Waals surface area (Å²) in [4.78, 5) is -0.129. The molecule has 0 saturated carbocycles. The number of rotatable bonds is 3. The maximum absolute atomic E-state index is 10.6. The lowest BCUT2D eigenvalue weighted by atomic mass is 10.3. The molecule has 0 radical (unpaired) electrons. The predicted molar refractivity (Wildman–Crippen MR) is 47.4 cm³/mol. The van der Waals surface area contributed by atoms with Crippen LogP contribution in [-0.2, 0) is 10.1 Å². The molecule has 0 atom stereocenters. The van der Waals surface area contributed by atoms with E-state index in [1.165, 1.54) is 24.3 Å². The van der Waals surface area contributed by atoms with Gasteiger partial charge in [-0.15, -0.1) is 0 Å². The molecule has 0 heterocycles. The highest BCUT2D eigenvalue weighted by Gasteiger charge is 2.08. The van der Waals surface area contributed by atoms with Gasteiger partial charge in [-0.05, 0) is 31.2 Å². The molecule has 1 aromatic rings. The Balaban J connectivity index is 2.94. The van der Waals surface area contributed by atoms with Gasteiger partial charge in [-0.2, -0.15) is 8.42 Å². The van der Waals surface area contributed by atoms with Gasteiger partial charge in [0.1, 0.15) is 5.75 Å². The summed E-state index contributed by atoms with van der Waals surface area (Å²) in [6.45, 7) is 2.35. The van der Waals surface area contributed by atoms with E-state index < -0.39 is 10.1 Å². The van der Waals surface area contributed by atoms with Crippen LogP contribution in [0.2, 0.25) is 0 Å². The van der Waals surface area contributed by atoms with Gasteiger partial charge in [-0.3, -0.25) is 4.55 Å². The van der Waals surface area contributed by atoms with Crippen molar-refractivity contribution in [3.05, 3.63) is 24.3 Å². The summed E-state index contributed by atoms with van der Waals surface area (Å²) in [7, 11) is -4.09. The van der Waals surface area contributed by atoms with E-state index in [1.807, 2.05) is 6.92 Å². The minimum Gasteiger partial charge on any atom is -0.494 e. The first-order valence-electron chi connectivity index (χ1n) is 3.74. The molecule has 0 aliphatic heterocycles. The Kier molecular flexibility index (Phi) is 2.90. The first-order valence-corrected chi connectivity index (χ1v) is 5.18. The molecular weight excluding hydrogens is 192 g/mol. The average molecular weight is 202 g/mol. The van der Waals surface area contributed by atoms with Crippen LogP contribution in [0.4, 0.5) is 0 Å². The molecule has 0 aliphatic rings. The number of hydrogen-bond acceptors (Lipinski definition) is 3. The van der Waals surface area contributed by atoms with E-state index in [1.54, 1.807) is 0 Å². The van der Waals surface area contributed by atoms with Gasteiger partial charge in [0.2, 0.25) is 0 Å². The van der Waals surface area contributed by atoms with Crippen LogP contribution >= 0.6 is 0 Å². The maximum Gasteiger partial charge on any atom is 0.294 e. The lowest BCUT2D eigenvalue weighted by Gasteiger charge is -2.02. The predicted octanol–water partition coefficient (Wildman–Crippen LogP) is 1.33. The van der Waals surface area contributed by atoms with Crippen molar-refractivity contribution in [1.82, 2.24) is 0 Å². The van der Waals surface area contributed by atoms with Crippen LogP contribution in [0.3, 0.4) is 0 Å². The highest BCUT2D eigenvalue weighted by molar-refractivity contribution is 7.85. The summed E-state index contributed by atoms with van der Waals surface area (Å²) >= 11 is 0. The van der Waals surface area contributed by atoms with Crippen LogP contribution in [-0.4, -0.2) is 19.6 Å². The first-order chi connectivity index (χ1) is 6.04. The summed E-state index contributed by atoms with van der Waals surface area (Å²) < 4.78 is 35.0. The van der Waals surface area contributed by atoms with E-state index in [0.29, 0.717) is 12.4 Å². The van der Waals surface area contributed by atoms with Gasteiger partial charge < -0.3 is 4.74 Å². The van der Waals surface area contributed by atoms with E-state index in [9.17, 15) is 8.42 Å². The number of benzene rings is 1. The molecule has 13 heavy (non-hydrogen) atoms. The third kappa shape index (κ3) is 2.71. The lowest BCUT2D eigenvalue weighted by molar-refractivity contribution is 0.340. The molecule has 5 heteroatoms. The molecule has 1 N–H and O–H groups in total. The zero-order valence-corrected chi connectivity index (χ0v) is 7.91. The Morgan fingerprint density at radius 1 is 1.31 bits per heavy atom. The Morgan fingerprint density at radius 2 is 1.85 bits per heavy atom. The minimum atomic E-state index is -4.09. The Hall–Kier alpha value is -1.07. The van der Waals surface area contributed by atoms with Crippen LogP contribution in [0.25, 0.3) is 0 Å². The minimum absolute atomic E-state index is 0.129. The van der Waals surface area contributed by atoms with E-state index >= 15 is 0 Å². The smallest absolute Gasteiger partial charge is 0.294 e. The molecule has 0 saturated heterocycles. The van der Waals surface area contributed by atoms with E-state index in [2.05, 4.69) is 0 Å². The molecule has 72 valence electrons. The quantitative estimate of drug-likeness (QED) is 0.751. The second-order valence-electron chi connectivity index (χ2n) is 2.38. The topological polar surface area (TPSA) is 63.6 Å². The van der Waals surface area contributed by atoms with E-state index in [4.69, 9.17) is 9.29 Å². The highest BCUT2D eigenvalue weighted by Crippen LogP contribution is 2.15. The van der Waals surface area contributed by atoms with Crippen LogP contribution in [0, 0.1) is 0 Å². The molecule has 0 unspecified atom stereocenters. The van der Waals surface area contributed by atoms with Crippen LogP contribution in [0.1, 0.15) is 6.92 Å². The van der Waals surface area contributed by atoms with Crippen molar-refractivity contribution in [3.63, 3.8) is 0 Å². The van der Waals surface area contributed by atoms with Crippen molar-refractivity contribution >= 4 is 10.1 Å². The Bertz CT molecular complexity index is 366. The summed E-state index contributed by atoms with van der Waals surface area (Å²) in [5, 5.41) is 0. The largest absolute Gasteiger partial charge is 0.494 e. The molecule has 4 nitrogen and oxygen atoms in total. The molecule has 0 amide bonds. The number of ether oxygens (including phenoxy) is 1. The van der Waals surface area contributed by atoms with Crippen molar-refractivity contribution in [3.8, 4) is 5.75 Å². The highest BCUT2D eigenvalue weighted by atomic mass is 32.2. The van der Waals surface area contributed by atoms with Gasteiger partial charge in [0, 0.05) is 0 Å². The van der Waals surface area contributed by atoms with Crippen molar-refractivity contribution in [2.45, 2.75) is 11.8 Å². The molecule has 1 rings (SSSR count). The van der Waals surface area contributed by atoms with E-state index in [-0.39, 0.29) is 4.90 Å². The fourth-order valence-electron chi connectivity index (χ4n) is 0.875. The average Bonchev–Trinajstić information content (AvgIpc) is 2.04. The first kappa shape index (κ1) is 10.0. The zero-order chi connectivity index (χ0) is 9.90. The van der Waals surface area contributed by atoms with Crippen molar-refractivity contribution in [2.24, 2.45) is 0 Å². The summed E-state index contributed by atoms with van der Waals surface area (Å²) in [6.07, 6.45) is 0. The second kappa shape index (κ2) is 3.76. The summed E-state index contributed by atoms with van der Waals surface area (Å²) in [5.41, 5.74) is 0. The fourth-order valence-corrected chi connectivity index (χ4v) is 1.35. The maximum atomic E-state index is 10.6. The van der Waals surface area contributed by atoms with Gasteiger partial charge >= 0.3 is 0 Å². The summed E-state index contributed by atoms with van der Waals surface area (Å²) in [5.74, 6) is 0.579. The van der Waals surface area contributed by atoms with E-state index in [0.717, 1.165) is 0 Å². The second-order valence-corrected chi connectivity index (χ2v) is 3.80. The van der Waals surface area contributed by atoms with Gasteiger partial charge in [0.15, 0.2) is 0 Å². The zero-order valence-electron chi connectivity index (χ0n) is 7.10. The SMILES string of the molecule is CCOc1ccc(S(=O)(=O)O)cc1. The number of hydrogen-bond donors (Lipinski definition) is 1. The molecule has 1 aromatic carbocycles. The third-order valence-electron chi connectivity index (χ3n) is 1.43. The van der Waals surface area contributed by atoms with Gasteiger partial charge in [-0.25, -0.2) is 0 Å². The molecular formula is C8H10O4S. The van der Waals surface area contributed by atoms with Gasteiger partial charge in [0.05, 0.1) is 11.5 Å². The standard InChI is InChI=1S/C8H10O4S/c1-2-12-7-3-5-8(6-4-7)13(9,10)11/h3-6H,2H2,1H3,(H,9,10,11). The molecule has 0 fully saturated rings. The third-order valence-corrected chi connectivity index (χ3v) is 2.30. The molecule has 0 spiro atoms. The van der Waals surface area contributed by atoms with Gasteiger partial charge in [-0.1, -0.05) is 0 Å². The normalized spacial score (nSPS) is 11.2. The monoisotopic (exact) mass is 202 g/mol. The fraction of sp³-hybridized carbons (Fsp3) is 0.250. The Labute approximate surface area is 76.9 Å². The van der Waals surface area contributed by atoms with Crippen LogP contribution in [0.5, 0.6) is 5.75 Å².